The van der Waals surface area contributed by atoms with Gasteiger partial charge in [0.1, 0.15) is 5.78 Å². The summed E-state index contributed by atoms with van der Waals surface area (Å²) in [7, 11) is 3.35. The van der Waals surface area contributed by atoms with E-state index in [0.717, 1.165) is 30.1 Å². The summed E-state index contributed by atoms with van der Waals surface area (Å²) in [5.74, 6) is 2.84. The molecule has 3 aliphatic rings. The monoisotopic (exact) mass is 328 g/mol. The number of carbonyl (C=O) groups excluding carboxylic acids is 1. The number of ketones is 1. The molecule has 120 valence electrons. The minimum atomic E-state index is -0.264. The fraction of sp³-hybridized carbons (Fsp3) is 0.421. The number of hydrogen-bond donors (Lipinski definition) is 0. The number of fused-ring (bicyclic) bond motifs is 4. The van der Waals surface area contributed by atoms with E-state index in [-0.39, 0.29) is 5.41 Å². The molecule has 1 aromatic rings. The minimum Gasteiger partial charge on any atom is -0.493 e. The van der Waals surface area contributed by atoms with Crippen LogP contribution in [0.3, 0.4) is 0 Å². The Morgan fingerprint density at radius 2 is 1.91 bits per heavy atom. The maximum atomic E-state index is 12.3. The number of carbonyl (C=O) groups is 1. The number of methoxy groups -OCH3 is 2. The van der Waals surface area contributed by atoms with E-state index >= 15 is 0 Å². The molecule has 4 heteroatoms. The van der Waals surface area contributed by atoms with Gasteiger partial charge in [0.2, 0.25) is 0 Å². The molecular formula is C19H20O3S. The molecule has 0 bridgehead atoms. The Bertz CT molecular complexity index is 775. The van der Waals surface area contributed by atoms with Crippen LogP contribution in [-0.4, -0.2) is 20.0 Å². The highest BCUT2D eigenvalue weighted by molar-refractivity contribution is 8.02. The highest BCUT2D eigenvalue weighted by Crippen LogP contribution is 2.57. The fourth-order valence-corrected chi connectivity index (χ4v) is 5.35. The van der Waals surface area contributed by atoms with Gasteiger partial charge in [-0.05, 0) is 54.2 Å². The van der Waals surface area contributed by atoms with Gasteiger partial charge < -0.3 is 9.47 Å². The molecule has 3 nitrogen and oxygen atoms in total. The standard InChI is InChI=1S/C19H20O3S/c1-19-7-6-12-13-9-16(22-3)15(21-2)8-11(13)10-23-18(12)14(19)4-5-17(19)20/h4,8-9H,5-7,10H2,1-3H3. The molecule has 1 atom stereocenters. The summed E-state index contributed by atoms with van der Waals surface area (Å²) in [6, 6.07) is 4.19. The average Bonchev–Trinajstić information content (AvgIpc) is 2.88. The molecule has 0 aromatic heterocycles. The van der Waals surface area contributed by atoms with Crippen LogP contribution in [0.15, 0.2) is 28.7 Å². The van der Waals surface area contributed by atoms with Gasteiger partial charge in [0.05, 0.1) is 19.6 Å². The molecule has 0 saturated carbocycles. The van der Waals surface area contributed by atoms with Crippen molar-refractivity contribution in [2.24, 2.45) is 5.41 Å². The minimum absolute atomic E-state index is 0.264. The molecule has 0 radical (unpaired) electrons. The van der Waals surface area contributed by atoms with Crippen LogP contribution in [-0.2, 0) is 10.5 Å². The SMILES string of the molecule is COc1cc2c(cc1OC)C1=C(SC2)C2=CCC(=O)C2(C)CC1. The number of hydrogen-bond acceptors (Lipinski definition) is 4. The number of ether oxygens (including phenoxy) is 2. The van der Waals surface area contributed by atoms with Gasteiger partial charge in [0, 0.05) is 17.1 Å². The second-order valence-electron chi connectivity index (χ2n) is 6.54. The van der Waals surface area contributed by atoms with Gasteiger partial charge >= 0.3 is 0 Å². The van der Waals surface area contributed by atoms with Crippen molar-refractivity contribution in [3.8, 4) is 11.5 Å². The van der Waals surface area contributed by atoms with Gasteiger partial charge in [-0.2, -0.15) is 0 Å². The van der Waals surface area contributed by atoms with Crippen molar-refractivity contribution in [1.29, 1.82) is 0 Å². The lowest BCUT2D eigenvalue weighted by molar-refractivity contribution is -0.124. The van der Waals surface area contributed by atoms with Gasteiger partial charge in [-0.25, -0.2) is 0 Å². The number of benzene rings is 1. The van der Waals surface area contributed by atoms with Crippen molar-refractivity contribution < 1.29 is 14.3 Å². The van der Waals surface area contributed by atoms with E-state index < -0.39 is 0 Å². The van der Waals surface area contributed by atoms with E-state index in [9.17, 15) is 4.79 Å². The zero-order valence-electron chi connectivity index (χ0n) is 13.7. The highest BCUT2D eigenvalue weighted by Gasteiger charge is 2.46. The number of Topliss-reactive ketones (excluding diaryl/α,β-unsaturated/α-hetero) is 1. The van der Waals surface area contributed by atoms with Crippen LogP contribution in [0.25, 0.3) is 5.57 Å². The molecule has 2 aliphatic carbocycles. The third-order valence-corrected chi connectivity index (χ3v) is 6.61. The lowest BCUT2D eigenvalue weighted by Crippen LogP contribution is -2.29. The Labute approximate surface area is 140 Å². The third-order valence-electron chi connectivity index (χ3n) is 5.40. The largest absolute Gasteiger partial charge is 0.493 e. The number of thioether (sulfide) groups is 1. The first-order valence-corrected chi connectivity index (χ1v) is 8.92. The molecule has 1 unspecified atom stereocenters. The molecule has 1 aliphatic heterocycles. The summed E-state index contributed by atoms with van der Waals surface area (Å²) in [6.07, 6.45) is 4.59. The van der Waals surface area contributed by atoms with Crippen molar-refractivity contribution in [1.82, 2.24) is 0 Å². The Balaban J connectivity index is 1.87. The van der Waals surface area contributed by atoms with E-state index in [2.05, 4.69) is 25.1 Å². The summed E-state index contributed by atoms with van der Waals surface area (Å²) in [6.45, 7) is 2.11. The van der Waals surface area contributed by atoms with Gasteiger partial charge in [0.15, 0.2) is 11.5 Å². The van der Waals surface area contributed by atoms with E-state index in [1.807, 2.05) is 11.8 Å². The van der Waals surface area contributed by atoms with Crippen molar-refractivity contribution in [3.63, 3.8) is 0 Å². The van der Waals surface area contributed by atoms with Crippen molar-refractivity contribution in [2.45, 2.75) is 31.9 Å². The zero-order valence-corrected chi connectivity index (χ0v) is 14.5. The average molecular weight is 328 g/mol. The van der Waals surface area contributed by atoms with Gasteiger partial charge in [-0.3, -0.25) is 4.79 Å². The molecule has 1 heterocycles. The molecular weight excluding hydrogens is 308 g/mol. The van der Waals surface area contributed by atoms with Gasteiger partial charge in [-0.15, -0.1) is 11.8 Å². The van der Waals surface area contributed by atoms with Crippen LogP contribution in [0.5, 0.6) is 11.5 Å². The third kappa shape index (κ3) is 2.01. The molecule has 0 fully saturated rings. The topological polar surface area (TPSA) is 35.5 Å². The summed E-state index contributed by atoms with van der Waals surface area (Å²) in [4.78, 5) is 13.6. The molecule has 0 N–H and O–H groups in total. The smallest absolute Gasteiger partial charge is 0.161 e. The lowest BCUT2D eigenvalue weighted by atomic mass is 9.71. The fourth-order valence-electron chi connectivity index (χ4n) is 3.96. The predicted octanol–water partition coefficient (Wildman–Crippen LogP) is 4.36. The number of allylic oxidation sites excluding steroid dienone is 3. The Morgan fingerprint density at radius 3 is 2.65 bits per heavy atom. The lowest BCUT2D eigenvalue weighted by Gasteiger charge is -2.37. The first-order chi connectivity index (χ1) is 11.1. The van der Waals surface area contributed by atoms with E-state index in [4.69, 9.17) is 9.47 Å². The van der Waals surface area contributed by atoms with E-state index in [0.29, 0.717) is 12.2 Å². The van der Waals surface area contributed by atoms with Crippen molar-refractivity contribution in [3.05, 3.63) is 39.8 Å². The Morgan fingerprint density at radius 1 is 1.17 bits per heavy atom. The molecule has 4 rings (SSSR count). The molecule has 0 spiro atoms. The quantitative estimate of drug-likeness (QED) is 0.808. The predicted molar refractivity (Wildman–Crippen MR) is 92.8 cm³/mol. The van der Waals surface area contributed by atoms with Gasteiger partial charge in [0.25, 0.3) is 0 Å². The molecule has 0 amide bonds. The molecule has 0 saturated heterocycles. The zero-order chi connectivity index (χ0) is 16.2. The van der Waals surface area contributed by atoms with E-state index in [1.54, 1.807) is 14.2 Å². The summed E-state index contributed by atoms with van der Waals surface area (Å²) in [5.41, 5.74) is 4.92. The second kappa shape index (κ2) is 5.17. The summed E-state index contributed by atoms with van der Waals surface area (Å²) >= 11 is 1.86. The first-order valence-electron chi connectivity index (χ1n) is 7.94. The highest BCUT2D eigenvalue weighted by atomic mass is 32.2. The van der Waals surface area contributed by atoms with Crippen LogP contribution in [0.4, 0.5) is 0 Å². The van der Waals surface area contributed by atoms with Crippen LogP contribution in [0.1, 0.15) is 37.3 Å². The van der Waals surface area contributed by atoms with Crippen LogP contribution in [0.2, 0.25) is 0 Å². The number of rotatable bonds is 2. The van der Waals surface area contributed by atoms with Crippen molar-refractivity contribution >= 4 is 23.1 Å². The first kappa shape index (κ1) is 14.9. The van der Waals surface area contributed by atoms with Crippen LogP contribution in [0, 0.1) is 5.41 Å². The maximum absolute atomic E-state index is 12.3. The normalized spacial score (nSPS) is 25.5. The van der Waals surface area contributed by atoms with Crippen LogP contribution >= 0.6 is 11.8 Å². The van der Waals surface area contributed by atoms with Gasteiger partial charge in [-0.1, -0.05) is 6.08 Å². The van der Waals surface area contributed by atoms with Crippen molar-refractivity contribution in [2.75, 3.05) is 14.2 Å². The molecule has 1 aromatic carbocycles. The maximum Gasteiger partial charge on any atom is 0.161 e. The summed E-state index contributed by atoms with van der Waals surface area (Å²) < 4.78 is 10.9. The Hall–Kier alpha value is -1.68. The Kier molecular flexibility index (Phi) is 3.34. The molecule has 23 heavy (non-hydrogen) atoms. The van der Waals surface area contributed by atoms with E-state index in [1.165, 1.54) is 27.2 Å². The summed E-state index contributed by atoms with van der Waals surface area (Å²) in [5, 5.41) is 0. The van der Waals surface area contributed by atoms with Crippen LogP contribution < -0.4 is 9.47 Å². The second-order valence-corrected chi connectivity index (χ2v) is 7.52.